The molecule has 2 atom stereocenters. The summed E-state index contributed by atoms with van der Waals surface area (Å²) in [6.07, 6.45) is 1.28. The van der Waals surface area contributed by atoms with Gasteiger partial charge in [-0.15, -0.1) is 0 Å². The maximum Gasteiger partial charge on any atom is 0.270 e. The van der Waals surface area contributed by atoms with Gasteiger partial charge in [0.2, 0.25) is 0 Å². The van der Waals surface area contributed by atoms with Crippen molar-refractivity contribution in [3.63, 3.8) is 0 Å². The molecule has 7 nitrogen and oxygen atoms in total. The number of fused-ring (bicyclic) bond motifs is 1. The number of aliphatic hydroxyl groups is 1. The second-order valence-corrected chi connectivity index (χ2v) is 6.20. The Morgan fingerprint density at radius 1 is 1.24 bits per heavy atom. The number of aromatic nitrogens is 3. The first-order chi connectivity index (χ1) is 12.2. The van der Waals surface area contributed by atoms with Crippen LogP contribution in [0.5, 0.6) is 0 Å². The molecule has 0 unspecified atom stereocenters. The van der Waals surface area contributed by atoms with Crippen LogP contribution in [0.25, 0.3) is 5.65 Å². The zero-order chi connectivity index (χ0) is 17.3. The van der Waals surface area contributed by atoms with Gasteiger partial charge in [0, 0.05) is 6.54 Å². The van der Waals surface area contributed by atoms with Gasteiger partial charge < -0.3 is 15.7 Å². The first-order valence-corrected chi connectivity index (χ1v) is 8.26. The van der Waals surface area contributed by atoms with Gasteiger partial charge in [-0.3, -0.25) is 4.79 Å². The lowest BCUT2D eigenvalue weighted by molar-refractivity contribution is 0.0287. The summed E-state index contributed by atoms with van der Waals surface area (Å²) in [5, 5.41) is 21.1. The molecule has 3 N–H and O–H groups in total. The third kappa shape index (κ3) is 2.67. The standard InChI is InChI=1S/C18H19N5O2/c24-15-11-19-10-9-18(15,13-5-2-1-3-6-13)22-17(25)14-7-4-8-16-20-12-21-23(14)16/h1-8,12,15,19,24H,9-11H2,(H,22,25)/t15-,18+/m1/s1. The Kier molecular flexibility index (Phi) is 3.95. The van der Waals surface area contributed by atoms with Crippen LogP contribution < -0.4 is 10.6 Å². The number of β-amino-alcohol motifs (C(OH)–C–C–N with tert-alkyl or cyclic N) is 1. The van der Waals surface area contributed by atoms with E-state index in [0.717, 1.165) is 5.56 Å². The van der Waals surface area contributed by atoms with Gasteiger partial charge in [0.15, 0.2) is 5.65 Å². The van der Waals surface area contributed by atoms with Crippen molar-refractivity contribution >= 4 is 11.6 Å². The molecule has 0 radical (unpaired) electrons. The van der Waals surface area contributed by atoms with Crippen molar-refractivity contribution in [3.8, 4) is 0 Å². The molecule has 4 rings (SSSR count). The fourth-order valence-corrected chi connectivity index (χ4v) is 3.44. The quantitative estimate of drug-likeness (QED) is 0.655. The van der Waals surface area contributed by atoms with E-state index >= 15 is 0 Å². The number of amides is 1. The molecule has 7 heteroatoms. The third-order valence-electron chi connectivity index (χ3n) is 4.76. The van der Waals surface area contributed by atoms with Crippen LogP contribution in [0.2, 0.25) is 0 Å². The molecule has 1 aromatic carbocycles. The van der Waals surface area contributed by atoms with Crippen LogP contribution in [0.1, 0.15) is 22.5 Å². The molecule has 0 saturated carbocycles. The van der Waals surface area contributed by atoms with Crippen molar-refractivity contribution in [1.29, 1.82) is 0 Å². The highest BCUT2D eigenvalue weighted by molar-refractivity contribution is 5.93. The number of nitrogens with zero attached hydrogens (tertiary/aromatic N) is 3. The second kappa shape index (κ2) is 6.27. The molecule has 1 amide bonds. The smallest absolute Gasteiger partial charge is 0.270 e. The molecule has 0 spiro atoms. The number of nitrogens with one attached hydrogen (secondary N) is 2. The minimum atomic E-state index is -0.841. The molecule has 1 aliphatic rings. The van der Waals surface area contributed by atoms with E-state index in [2.05, 4.69) is 20.7 Å². The molecule has 0 bridgehead atoms. The summed E-state index contributed by atoms with van der Waals surface area (Å²) in [5.41, 5.74) is 1.04. The summed E-state index contributed by atoms with van der Waals surface area (Å²) in [4.78, 5) is 17.1. The number of aliphatic hydroxyl groups excluding tert-OH is 1. The van der Waals surface area contributed by atoms with Gasteiger partial charge in [0.05, 0.1) is 11.6 Å². The lowest BCUT2D eigenvalue weighted by Gasteiger charge is -2.42. The number of rotatable bonds is 3. The maximum absolute atomic E-state index is 13.0. The van der Waals surface area contributed by atoms with E-state index in [-0.39, 0.29) is 5.91 Å². The van der Waals surface area contributed by atoms with Crippen molar-refractivity contribution in [2.45, 2.75) is 18.1 Å². The fourth-order valence-electron chi connectivity index (χ4n) is 3.44. The van der Waals surface area contributed by atoms with Gasteiger partial charge >= 0.3 is 0 Å². The number of carbonyl (C=O) groups is 1. The Hall–Kier alpha value is -2.77. The molecule has 3 aromatic rings. The van der Waals surface area contributed by atoms with Crippen molar-refractivity contribution in [2.24, 2.45) is 0 Å². The molecule has 1 fully saturated rings. The Balaban J connectivity index is 1.74. The highest BCUT2D eigenvalue weighted by Crippen LogP contribution is 2.31. The largest absolute Gasteiger partial charge is 0.389 e. The molecule has 1 aliphatic heterocycles. The average Bonchev–Trinajstić information content (AvgIpc) is 3.13. The number of carbonyl (C=O) groups excluding carboxylic acids is 1. The van der Waals surface area contributed by atoms with Gasteiger partial charge in [-0.25, -0.2) is 9.50 Å². The lowest BCUT2D eigenvalue weighted by Crippen LogP contribution is -2.61. The first-order valence-electron chi connectivity index (χ1n) is 8.26. The zero-order valence-electron chi connectivity index (χ0n) is 13.6. The summed E-state index contributed by atoms with van der Waals surface area (Å²) in [6, 6.07) is 14.9. The number of pyridine rings is 1. The maximum atomic E-state index is 13.0. The molecule has 2 aromatic heterocycles. The number of hydrogen-bond acceptors (Lipinski definition) is 5. The van der Waals surface area contributed by atoms with Crippen molar-refractivity contribution in [1.82, 2.24) is 25.2 Å². The highest BCUT2D eigenvalue weighted by Gasteiger charge is 2.43. The van der Waals surface area contributed by atoms with Crippen LogP contribution in [0.3, 0.4) is 0 Å². The lowest BCUT2D eigenvalue weighted by atomic mass is 9.79. The predicted molar refractivity (Wildman–Crippen MR) is 92.1 cm³/mol. The summed E-state index contributed by atoms with van der Waals surface area (Å²) in [6.45, 7) is 1.13. The Morgan fingerprint density at radius 2 is 2.08 bits per heavy atom. The third-order valence-corrected chi connectivity index (χ3v) is 4.76. The van der Waals surface area contributed by atoms with Crippen molar-refractivity contribution in [3.05, 3.63) is 66.1 Å². The summed E-state index contributed by atoms with van der Waals surface area (Å²) < 4.78 is 1.50. The van der Waals surface area contributed by atoms with E-state index in [4.69, 9.17) is 0 Å². The normalized spacial score (nSPS) is 23.5. The summed E-state index contributed by atoms with van der Waals surface area (Å²) in [7, 11) is 0. The van der Waals surface area contributed by atoms with E-state index in [0.29, 0.717) is 30.9 Å². The molecule has 3 heterocycles. The van der Waals surface area contributed by atoms with Gasteiger partial charge in [0.25, 0.3) is 5.91 Å². The van der Waals surface area contributed by atoms with Gasteiger partial charge in [0.1, 0.15) is 12.0 Å². The van der Waals surface area contributed by atoms with E-state index in [1.165, 1.54) is 10.8 Å². The van der Waals surface area contributed by atoms with E-state index < -0.39 is 11.6 Å². The number of hydrogen-bond donors (Lipinski definition) is 3. The fraction of sp³-hybridized carbons (Fsp3) is 0.278. The van der Waals surface area contributed by atoms with E-state index in [1.54, 1.807) is 18.2 Å². The van der Waals surface area contributed by atoms with Crippen LogP contribution in [-0.2, 0) is 5.54 Å². The average molecular weight is 337 g/mol. The highest BCUT2D eigenvalue weighted by atomic mass is 16.3. The Labute approximate surface area is 144 Å². The topological polar surface area (TPSA) is 91.5 Å². The first kappa shape index (κ1) is 15.7. The Morgan fingerprint density at radius 3 is 2.88 bits per heavy atom. The monoisotopic (exact) mass is 337 g/mol. The zero-order valence-corrected chi connectivity index (χ0v) is 13.6. The minimum absolute atomic E-state index is 0.291. The molecular weight excluding hydrogens is 318 g/mol. The van der Waals surface area contributed by atoms with Crippen LogP contribution in [0.15, 0.2) is 54.9 Å². The van der Waals surface area contributed by atoms with E-state index in [1.807, 2.05) is 30.3 Å². The Bertz CT molecular complexity index is 895. The van der Waals surface area contributed by atoms with Crippen molar-refractivity contribution in [2.75, 3.05) is 13.1 Å². The predicted octanol–water partition coefficient (Wildman–Crippen LogP) is 0.709. The SMILES string of the molecule is O=C(N[C@]1(c2ccccc2)CCNC[C@H]1O)c1cccc2ncnn12. The van der Waals surface area contributed by atoms with Crippen molar-refractivity contribution < 1.29 is 9.90 Å². The minimum Gasteiger partial charge on any atom is -0.389 e. The molecular formula is C18H19N5O2. The number of piperidine rings is 1. The van der Waals surface area contributed by atoms with Crippen LogP contribution in [-0.4, -0.2) is 44.8 Å². The number of benzene rings is 1. The second-order valence-electron chi connectivity index (χ2n) is 6.20. The summed E-state index contributed by atoms with van der Waals surface area (Å²) in [5.74, 6) is -0.291. The van der Waals surface area contributed by atoms with Gasteiger partial charge in [-0.05, 0) is 30.7 Å². The molecule has 128 valence electrons. The van der Waals surface area contributed by atoms with E-state index in [9.17, 15) is 9.90 Å². The molecule has 1 saturated heterocycles. The van der Waals surface area contributed by atoms with Crippen LogP contribution in [0.4, 0.5) is 0 Å². The van der Waals surface area contributed by atoms with Gasteiger partial charge in [-0.2, -0.15) is 5.10 Å². The van der Waals surface area contributed by atoms with Gasteiger partial charge in [-0.1, -0.05) is 36.4 Å². The molecule has 25 heavy (non-hydrogen) atoms. The summed E-state index contributed by atoms with van der Waals surface area (Å²) >= 11 is 0. The van der Waals surface area contributed by atoms with Crippen LogP contribution in [0, 0.1) is 0 Å². The van der Waals surface area contributed by atoms with Crippen LogP contribution >= 0.6 is 0 Å². The molecule has 0 aliphatic carbocycles.